The smallest absolute Gasteiger partial charge is 0.0433 e. The van der Waals surface area contributed by atoms with Gasteiger partial charge in [0, 0.05) is 6.61 Å². The highest BCUT2D eigenvalue weighted by Crippen LogP contribution is 2.12. The van der Waals surface area contributed by atoms with Crippen LogP contribution in [0.3, 0.4) is 0 Å². The molecular weight excluding hydrogens is 160 g/mol. The summed E-state index contributed by atoms with van der Waals surface area (Å²) in [6.45, 7) is 6.96. The third-order valence-electron chi connectivity index (χ3n) is 2.42. The van der Waals surface area contributed by atoms with Gasteiger partial charge in [0.05, 0.1) is 0 Å². The lowest BCUT2D eigenvalue weighted by Crippen LogP contribution is -1.97. The third-order valence-corrected chi connectivity index (χ3v) is 2.42. The van der Waals surface area contributed by atoms with Gasteiger partial charge in [0.15, 0.2) is 0 Å². The Morgan fingerprint density at radius 3 is 2.62 bits per heavy atom. The number of hydrogen-bond acceptors (Lipinski definition) is 1. The summed E-state index contributed by atoms with van der Waals surface area (Å²) in [6.07, 6.45) is 8.15. The van der Waals surface area contributed by atoms with Crippen LogP contribution in [-0.2, 0) is 0 Å². The molecule has 0 radical (unpaired) electrons. The van der Waals surface area contributed by atoms with Gasteiger partial charge in [-0.1, -0.05) is 31.9 Å². The first-order chi connectivity index (χ1) is 6.20. The molecule has 0 saturated heterocycles. The van der Waals surface area contributed by atoms with Crippen LogP contribution in [0.25, 0.3) is 0 Å². The SMILES string of the molecule is CCC/C(C)=C\CCC(C)CCO. The van der Waals surface area contributed by atoms with Crippen LogP contribution in [0.5, 0.6) is 0 Å². The van der Waals surface area contributed by atoms with Gasteiger partial charge in [-0.25, -0.2) is 0 Å². The van der Waals surface area contributed by atoms with Crippen molar-refractivity contribution in [3.05, 3.63) is 11.6 Å². The second-order valence-electron chi connectivity index (χ2n) is 4.00. The molecule has 0 aromatic heterocycles. The van der Waals surface area contributed by atoms with Crippen LogP contribution in [0, 0.1) is 5.92 Å². The molecule has 0 aliphatic rings. The van der Waals surface area contributed by atoms with Gasteiger partial charge in [0.2, 0.25) is 0 Å². The van der Waals surface area contributed by atoms with Gasteiger partial charge in [-0.2, -0.15) is 0 Å². The highest BCUT2D eigenvalue weighted by molar-refractivity contribution is 4.97. The topological polar surface area (TPSA) is 20.2 Å². The summed E-state index contributed by atoms with van der Waals surface area (Å²) in [5.74, 6) is 0.663. The Morgan fingerprint density at radius 2 is 2.08 bits per heavy atom. The van der Waals surface area contributed by atoms with Gasteiger partial charge in [0.1, 0.15) is 0 Å². The van der Waals surface area contributed by atoms with E-state index in [0.717, 1.165) is 6.42 Å². The van der Waals surface area contributed by atoms with E-state index < -0.39 is 0 Å². The Balaban J connectivity index is 3.47. The number of allylic oxidation sites excluding steroid dienone is 2. The van der Waals surface area contributed by atoms with E-state index in [1.807, 2.05) is 0 Å². The number of aliphatic hydroxyl groups excluding tert-OH is 1. The molecule has 0 rings (SSSR count). The minimum Gasteiger partial charge on any atom is -0.396 e. The van der Waals surface area contributed by atoms with Gasteiger partial charge in [-0.05, 0) is 38.5 Å². The van der Waals surface area contributed by atoms with Crippen LogP contribution in [0.15, 0.2) is 11.6 Å². The summed E-state index contributed by atoms with van der Waals surface area (Å²) in [5, 5.41) is 8.71. The molecule has 1 unspecified atom stereocenters. The average Bonchev–Trinajstić information content (AvgIpc) is 2.05. The number of rotatable bonds is 7. The molecule has 0 aliphatic heterocycles. The zero-order chi connectivity index (χ0) is 10.1. The largest absolute Gasteiger partial charge is 0.396 e. The third kappa shape index (κ3) is 8.04. The van der Waals surface area contributed by atoms with E-state index in [1.54, 1.807) is 0 Å². The van der Waals surface area contributed by atoms with Crippen LogP contribution >= 0.6 is 0 Å². The van der Waals surface area contributed by atoms with E-state index in [-0.39, 0.29) is 0 Å². The van der Waals surface area contributed by atoms with Crippen LogP contribution in [0.4, 0.5) is 0 Å². The summed E-state index contributed by atoms with van der Waals surface area (Å²) >= 11 is 0. The van der Waals surface area contributed by atoms with Crippen molar-refractivity contribution >= 4 is 0 Å². The second kappa shape index (κ2) is 8.31. The maximum Gasteiger partial charge on any atom is 0.0433 e. The molecule has 13 heavy (non-hydrogen) atoms. The Morgan fingerprint density at radius 1 is 1.38 bits per heavy atom. The summed E-state index contributed by atoms with van der Waals surface area (Å²) in [7, 11) is 0. The van der Waals surface area contributed by atoms with Crippen LogP contribution in [0.2, 0.25) is 0 Å². The molecule has 0 amide bonds. The molecule has 1 nitrogen and oxygen atoms in total. The molecule has 0 heterocycles. The summed E-state index contributed by atoms with van der Waals surface area (Å²) in [5.41, 5.74) is 1.51. The van der Waals surface area contributed by atoms with Crippen molar-refractivity contribution in [3.63, 3.8) is 0 Å². The van der Waals surface area contributed by atoms with Crippen molar-refractivity contribution in [3.8, 4) is 0 Å². The maximum absolute atomic E-state index is 8.71. The molecule has 0 fully saturated rings. The molecule has 1 heteroatoms. The van der Waals surface area contributed by atoms with Crippen molar-refractivity contribution < 1.29 is 5.11 Å². The van der Waals surface area contributed by atoms with E-state index in [1.165, 1.54) is 31.3 Å². The Hall–Kier alpha value is -0.300. The summed E-state index contributed by atoms with van der Waals surface area (Å²) < 4.78 is 0. The fraction of sp³-hybridized carbons (Fsp3) is 0.833. The Labute approximate surface area is 82.9 Å². The van der Waals surface area contributed by atoms with E-state index in [9.17, 15) is 0 Å². The lowest BCUT2D eigenvalue weighted by molar-refractivity contribution is 0.259. The molecule has 0 aromatic rings. The van der Waals surface area contributed by atoms with Crippen molar-refractivity contribution in [2.75, 3.05) is 6.61 Å². The first-order valence-corrected chi connectivity index (χ1v) is 5.47. The van der Waals surface area contributed by atoms with Crippen molar-refractivity contribution in [2.45, 2.75) is 52.9 Å². The number of aliphatic hydroxyl groups is 1. The Bertz CT molecular complexity index is 138. The predicted octanol–water partition coefficient (Wildman–Crippen LogP) is 3.53. The Kier molecular flexibility index (Phi) is 8.11. The highest BCUT2D eigenvalue weighted by atomic mass is 16.2. The monoisotopic (exact) mass is 184 g/mol. The minimum absolute atomic E-state index is 0.332. The van der Waals surface area contributed by atoms with Gasteiger partial charge in [0.25, 0.3) is 0 Å². The normalized spacial score (nSPS) is 14.6. The standard InChI is InChI=1S/C12H24O/c1-4-6-11(2)7-5-8-12(3)9-10-13/h7,12-13H,4-6,8-10H2,1-3H3/b11-7-. The minimum atomic E-state index is 0.332. The lowest BCUT2D eigenvalue weighted by Gasteiger charge is -2.07. The fourth-order valence-corrected chi connectivity index (χ4v) is 1.48. The highest BCUT2D eigenvalue weighted by Gasteiger charge is 1.98. The zero-order valence-corrected chi connectivity index (χ0v) is 9.34. The molecule has 0 aliphatic carbocycles. The number of hydrogen-bond donors (Lipinski definition) is 1. The fourth-order valence-electron chi connectivity index (χ4n) is 1.48. The first-order valence-electron chi connectivity index (χ1n) is 5.47. The van der Waals surface area contributed by atoms with Crippen LogP contribution in [-0.4, -0.2) is 11.7 Å². The molecule has 0 aromatic carbocycles. The summed E-state index contributed by atoms with van der Waals surface area (Å²) in [4.78, 5) is 0. The van der Waals surface area contributed by atoms with Crippen LogP contribution < -0.4 is 0 Å². The molecule has 1 N–H and O–H groups in total. The lowest BCUT2D eigenvalue weighted by atomic mass is 10.0. The van der Waals surface area contributed by atoms with Gasteiger partial charge < -0.3 is 5.11 Å². The zero-order valence-electron chi connectivity index (χ0n) is 9.34. The summed E-state index contributed by atoms with van der Waals surface area (Å²) in [6, 6.07) is 0. The van der Waals surface area contributed by atoms with Crippen molar-refractivity contribution in [1.29, 1.82) is 0 Å². The quantitative estimate of drug-likeness (QED) is 0.600. The maximum atomic E-state index is 8.71. The molecule has 0 saturated carbocycles. The molecule has 0 bridgehead atoms. The molecule has 78 valence electrons. The van der Waals surface area contributed by atoms with Gasteiger partial charge in [-0.15, -0.1) is 0 Å². The van der Waals surface area contributed by atoms with Crippen molar-refractivity contribution in [1.82, 2.24) is 0 Å². The second-order valence-corrected chi connectivity index (χ2v) is 4.00. The van der Waals surface area contributed by atoms with Gasteiger partial charge in [-0.3, -0.25) is 0 Å². The van der Waals surface area contributed by atoms with E-state index in [4.69, 9.17) is 5.11 Å². The van der Waals surface area contributed by atoms with Crippen LogP contribution in [0.1, 0.15) is 52.9 Å². The molecular formula is C12H24O. The van der Waals surface area contributed by atoms with E-state index in [2.05, 4.69) is 26.8 Å². The van der Waals surface area contributed by atoms with Gasteiger partial charge >= 0.3 is 0 Å². The molecule has 1 atom stereocenters. The molecule has 0 spiro atoms. The van der Waals surface area contributed by atoms with Crippen molar-refractivity contribution in [2.24, 2.45) is 5.92 Å². The average molecular weight is 184 g/mol. The van der Waals surface area contributed by atoms with E-state index >= 15 is 0 Å². The predicted molar refractivity (Wildman–Crippen MR) is 58.8 cm³/mol. The van der Waals surface area contributed by atoms with E-state index in [0.29, 0.717) is 12.5 Å². The first kappa shape index (κ1) is 12.7.